The quantitative estimate of drug-likeness (QED) is 0.860. The lowest BCUT2D eigenvalue weighted by atomic mass is 10.3. The van der Waals surface area contributed by atoms with Crippen LogP contribution in [0.3, 0.4) is 0 Å². The van der Waals surface area contributed by atoms with E-state index in [-0.39, 0.29) is 0 Å². The summed E-state index contributed by atoms with van der Waals surface area (Å²) in [6.45, 7) is 7.78. The number of rotatable bonds is 4. The predicted molar refractivity (Wildman–Crippen MR) is 69.6 cm³/mol. The van der Waals surface area contributed by atoms with Crippen molar-refractivity contribution in [2.75, 3.05) is 33.2 Å². The van der Waals surface area contributed by atoms with Crippen molar-refractivity contribution >= 4 is 11.3 Å². The van der Waals surface area contributed by atoms with Crippen LogP contribution < -0.4 is 5.43 Å². The molecule has 0 atom stereocenters. The van der Waals surface area contributed by atoms with Crippen LogP contribution in [0.25, 0.3) is 0 Å². The van der Waals surface area contributed by atoms with Crippen molar-refractivity contribution < 1.29 is 0 Å². The van der Waals surface area contributed by atoms with Crippen LogP contribution in [-0.2, 0) is 13.0 Å². The summed E-state index contributed by atoms with van der Waals surface area (Å²) in [5.41, 5.74) is 3.51. The van der Waals surface area contributed by atoms with E-state index in [4.69, 9.17) is 0 Å². The highest BCUT2D eigenvalue weighted by Gasteiger charge is 2.12. The Morgan fingerprint density at radius 2 is 1.88 bits per heavy atom. The number of piperazine rings is 1. The van der Waals surface area contributed by atoms with Crippen LogP contribution in [0.1, 0.15) is 16.7 Å². The second-order valence-electron chi connectivity index (χ2n) is 4.35. The van der Waals surface area contributed by atoms with Crippen molar-refractivity contribution in [1.82, 2.24) is 15.3 Å². The van der Waals surface area contributed by atoms with E-state index >= 15 is 0 Å². The molecular weight excluding hydrogens is 218 g/mol. The summed E-state index contributed by atoms with van der Waals surface area (Å²) in [6, 6.07) is 4.48. The number of hydrazine groups is 1. The zero-order valence-electron chi connectivity index (χ0n) is 10.2. The second kappa shape index (κ2) is 5.77. The van der Waals surface area contributed by atoms with E-state index in [1.807, 2.05) is 11.3 Å². The fourth-order valence-corrected chi connectivity index (χ4v) is 2.75. The predicted octanol–water partition coefficient (Wildman–Crippen LogP) is 1.56. The Morgan fingerprint density at radius 3 is 2.50 bits per heavy atom. The maximum atomic E-state index is 3.51. The van der Waals surface area contributed by atoms with Gasteiger partial charge in [0.05, 0.1) is 0 Å². The van der Waals surface area contributed by atoms with Crippen LogP contribution in [0, 0.1) is 0 Å². The van der Waals surface area contributed by atoms with Crippen molar-refractivity contribution in [3.63, 3.8) is 0 Å². The molecule has 1 aromatic heterocycles. The van der Waals surface area contributed by atoms with Crippen LogP contribution in [0.15, 0.2) is 12.1 Å². The topological polar surface area (TPSA) is 18.5 Å². The third kappa shape index (κ3) is 3.28. The average molecular weight is 239 g/mol. The van der Waals surface area contributed by atoms with Crippen molar-refractivity contribution in [2.45, 2.75) is 19.9 Å². The third-order valence-electron chi connectivity index (χ3n) is 3.05. The number of hydrogen-bond acceptors (Lipinski definition) is 4. The molecule has 1 aliphatic rings. The molecule has 2 heterocycles. The molecule has 0 saturated carbocycles. The minimum atomic E-state index is 0.981. The largest absolute Gasteiger partial charge is 0.304 e. The first kappa shape index (κ1) is 12.0. The summed E-state index contributed by atoms with van der Waals surface area (Å²) in [5, 5.41) is 2.34. The lowest BCUT2D eigenvalue weighted by molar-refractivity contribution is 0.102. The Balaban J connectivity index is 1.74. The number of thiophene rings is 1. The molecule has 0 bridgehead atoms. The monoisotopic (exact) mass is 239 g/mol. The first-order chi connectivity index (χ1) is 7.78. The molecule has 1 N–H and O–H groups in total. The second-order valence-corrected chi connectivity index (χ2v) is 5.60. The van der Waals surface area contributed by atoms with Crippen LogP contribution in [0.2, 0.25) is 0 Å². The molecule has 0 unspecified atom stereocenters. The smallest absolute Gasteiger partial charge is 0.0447 e. The molecule has 0 radical (unpaired) electrons. The molecule has 0 aliphatic carbocycles. The van der Waals surface area contributed by atoms with Gasteiger partial charge < -0.3 is 4.90 Å². The van der Waals surface area contributed by atoms with Gasteiger partial charge in [0, 0.05) is 42.5 Å². The Bertz CT molecular complexity index is 316. The minimum absolute atomic E-state index is 0.981. The van der Waals surface area contributed by atoms with Gasteiger partial charge in [0.25, 0.3) is 0 Å². The zero-order chi connectivity index (χ0) is 11.4. The molecule has 0 aromatic carbocycles. The van der Waals surface area contributed by atoms with Gasteiger partial charge >= 0.3 is 0 Å². The summed E-state index contributed by atoms with van der Waals surface area (Å²) < 4.78 is 0. The lowest BCUT2D eigenvalue weighted by Gasteiger charge is -2.32. The Morgan fingerprint density at radius 1 is 1.19 bits per heavy atom. The van der Waals surface area contributed by atoms with Crippen molar-refractivity contribution in [1.29, 1.82) is 0 Å². The highest BCUT2D eigenvalue weighted by atomic mass is 32.1. The van der Waals surface area contributed by atoms with Crippen molar-refractivity contribution in [3.8, 4) is 0 Å². The molecule has 3 nitrogen and oxygen atoms in total. The Labute approximate surface area is 102 Å². The molecular formula is C12H21N3S. The standard InChI is InChI=1S/C12H21N3S/c1-3-11-4-5-12(16-11)10-13-15-8-6-14(2)7-9-15/h4-5,13H,3,6-10H2,1-2H3. The normalized spacial score (nSPS) is 19.1. The molecule has 1 aliphatic heterocycles. The highest BCUT2D eigenvalue weighted by Crippen LogP contribution is 2.16. The summed E-state index contributed by atoms with van der Waals surface area (Å²) in [4.78, 5) is 5.30. The van der Waals surface area contributed by atoms with Gasteiger partial charge in [0.15, 0.2) is 0 Å². The highest BCUT2D eigenvalue weighted by molar-refractivity contribution is 7.11. The van der Waals surface area contributed by atoms with Crippen LogP contribution in [0.4, 0.5) is 0 Å². The van der Waals surface area contributed by atoms with Crippen molar-refractivity contribution in [3.05, 3.63) is 21.9 Å². The fourth-order valence-electron chi connectivity index (χ4n) is 1.86. The molecule has 1 fully saturated rings. The van der Waals surface area contributed by atoms with Gasteiger partial charge in [-0.3, -0.25) is 0 Å². The molecule has 1 saturated heterocycles. The molecule has 90 valence electrons. The van der Waals surface area contributed by atoms with Gasteiger partial charge in [-0.2, -0.15) is 0 Å². The number of hydrogen-bond donors (Lipinski definition) is 1. The first-order valence-electron chi connectivity index (χ1n) is 6.02. The number of aryl methyl sites for hydroxylation is 1. The molecule has 1 aromatic rings. The summed E-state index contributed by atoms with van der Waals surface area (Å²) in [5.74, 6) is 0. The number of nitrogens with one attached hydrogen (secondary N) is 1. The maximum Gasteiger partial charge on any atom is 0.0447 e. The first-order valence-corrected chi connectivity index (χ1v) is 6.84. The SMILES string of the molecule is CCc1ccc(CNN2CCN(C)CC2)s1. The van der Waals surface area contributed by atoms with Crippen LogP contribution >= 0.6 is 11.3 Å². The summed E-state index contributed by atoms with van der Waals surface area (Å²) in [7, 11) is 2.18. The van der Waals surface area contributed by atoms with Gasteiger partial charge in [0.2, 0.25) is 0 Å². The van der Waals surface area contributed by atoms with E-state index in [2.05, 4.69) is 41.4 Å². The van der Waals surface area contributed by atoms with E-state index in [1.165, 1.54) is 9.75 Å². The fraction of sp³-hybridized carbons (Fsp3) is 0.667. The van der Waals surface area contributed by atoms with Crippen LogP contribution in [-0.4, -0.2) is 43.1 Å². The van der Waals surface area contributed by atoms with E-state index in [1.54, 1.807) is 0 Å². The van der Waals surface area contributed by atoms with E-state index in [9.17, 15) is 0 Å². The Hall–Kier alpha value is -0.420. The number of nitrogens with zero attached hydrogens (tertiary/aromatic N) is 2. The minimum Gasteiger partial charge on any atom is -0.304 e. The summed E-state index contributed by atoms with van der Waals surface area (Å²) >= 11 is 1.92. The van der Waals surface area contributed by atoms with E-state index < -0.39 is 0 Å². The molecule has 0 spiro atoms. The molecule has 4 heteroatoms. The zero-order valence-corrected chi connectivity index (χ0v) is 11.0. The van der Waals surface area contributed by atoms with Gasteiger partial charge in [-0.1, -0.05) is 6.92 Å². The maximum absolute atomic E-state index is 3.51. The molecule has 2 rings (SSSR count). The van der Waals surface area contributed by atoms with Gasteiger partial charge in [-0.25, -0.2) is 10.4 Å². The van der Waals surface area contributed by atoms with Gasteiger partial charge in [-0.15, -0.1) is 11.3 Å². The van der Waals surface area contributed by atoms with E-state index in [0.717, 1.165) is 39.1 Å². The van der Waals surface area contributed by atoms with Gasteiger partial charge in [-0.05, 0) is 25.6 Å². The Kier molecular flexibility index (Phi) is 4.35. The summed E-state index contributed by atoms with van der Waals surface area (Å²) in [6.07, 6.45) is 1.15. The lowest BCUT2D eigenvalue weighted by Crippen LogP contribution is -2.50. The third-order valence-corrected chi connectivity index (χ3v) is 4.28. The van der Waals surface area contributed by atoms with Gasteiger partial charge in [0.1, 0.15) is 0 Å². The molecule has 16 heavy (non-hydrogen) atoms. The van der Waals surface area contributed by atoms with Crippen LogP contribution in [0.5, 0.6) is 0 Å². The number of likely N-dealkylation sites (N-methyl/N-ethyl adjacent to an activating group) is 1. The molecule has 0 amide bonds. The average Bonchev–Trinajstić information content (AvgIpc) is 2.76. The van der Waals surface area contributed by atoms with E-state index in [0.29, 0.717) is 0 Å². The van der Waals surface area contributed by atoms with Crippen molar-refractivity contribution in [2.24, 2.45) is 0 Å².